The molecular formula is C19H19FN2O3. The van der Waals surface area contributed by atoms with E-state index in [1.165, 1.54) is 18.2 Å². The predicted octanol–water partition coefficient (Wildman–Crippen LogP) is 2.33. The molecule has 1 aliphatic rings. The highest BCUT2D eigenvalue weighted by atomic mass is 19.1. The van der Waals surface area contributed by atoms with Crippen molar-refractivity contribution < 1.29 is 18.7 Å². The van der Waals surface area contributed by atoms with Gasteiger partial charge in [-0.05, 0) is 24.3 Å². The van der Waals surface area contributed by atoms with Crippen molar-refractivity contribution in [3.8, 4) is 0 Å². The van der Waals surface area contributed by atoms with Gasteiger partial charge >= 0.3 is 5.97 Å². The van der Waals surface area contributed by atoms with Crippen LogP contribution in [0.2, 0.25) is 0 Å². The van der Waals surface area contributed by atoms with Gasteiger partial charge < -0.3 is 14.5 Å². The summed E-state index contributed by atoms with van der Waals surface area (Å²) in [4.78, 5) is 27.9. The quantitative estimate of drug-likeness (QED) is 0.800. The Morgan fingerprint density at radius 1 is 0.920 bits per heavy atom. The number of halogens is 1. The monoisotopic (exact) mass is 342 g/mol. The minimum atomic E-state index is -0.825. The highest BCUT2D eigenvalue weighted by Crippen LogP contribution is 2.15. The summed E-state index contributed by atoms with van der Waals surface area (Å²) in [5.41, 5.74) is 0.963. The lowest BCUT2D eigenvalue weighted by atomic mass is 10.2. The van der Waals surface area contributed by atoms with E-state index in [0.717, 1.165) is 18.8 Å². The Balaban J connectivity index is 1.48. The first-order valence-electron chi connectivity index (χ1n) is 8.14. The van der Waals surface area contributed by atoms with Crippen molar-refractivity contribution in [2.75, 3.05) is 37.7 Å². The molecule has 1 fully saturated rings. The molecule has 1 heterocycles. The summed E-state index contributed by atoms with van der Waals surface area (Å²) < 4.78 is 18.5. The zero-order valence-corrected chi connectivity index (χ0v) is 13.7. The number of anilines is 1. The SMILES string of the molecule is O=C(OCC(=O)N1CCN(c2ccccc2)CC1)c1ccccc1F. The molecule has 0 spiro atoms. The van der Waals surface area contributed by atoms with E-state index in [2.05, 4.69) is 4.90 Å². The van der Waals surface area contributed by atoms with Crippen LogP contribution in [-0.2, 0) is 9.53 Å². The summed E-state index contributed by atoms with van der Waals surface area (Å²) in [7, 11) is 0. The van der Waals surface area contributed by atoms with Crippen LogP contribution in [0.25, 0.3) is 0 Å². The van der Waals surface area contributed by atoms with Crippen molar-refractivity contribution in [3.05, 3.63) is 66.0 Å². The molecule has 0 N–H and O–H groups in total. The van der Waals surface area contributed by atoms with Crippen LogP contribution in [0.3, 0.4) is 0 Å². The number of hydrogen-bond donors (Lipinski definition) is 0. The molecule has 1 amide bonds. The van der Waals surface area contributed by atoms with Crippen molar-refractivity contribution >= 4 is 17.6 Å². The fourth-order valence-corrected chi connectivity index (χ4v) is 2.78. The van der Waals surface area contributed by atoms with Crippen LogP contribution in [0.4, 0.5) is 10.1 Å². The zero-order valence-electron chi connectivity index (χ0n) is 13.7. The van der Waals surface area contributed by atoms with Gasteiger partial charge in [0.1, 0.15) is 5.82 Å². The van der Waals surface area contributed by atoms with Gasteiger partial charge in [0.25, 0.3) is 5.91 Å². The van der Waals surface area contributed by atoms with Crippen molar-refractivity contribution in [3.63, 3.8) is 0 Å². The van der Waals surface area contributed by atoms with E-state index in [9.17, 15) is 14.0 Å². The van der Waals surface area contributed by atoms with Crippen molar-refractivity contribution in [1.82, 2.24) is 4.90 Å². The second-order valence-corrected chi connectivity index (χ2v) is 5.76. The van der Waals surface area contributed by atoms with E-state index in [-0.39, 0.29) is 18.1 Å². The average molecular weight is 342 g/mol. The predicted molar refractivity (Wildman–Crippen MR) is 91.9 cm³/mol. The van der Waals surface area contributed by atoms with Crippen molar-refractivity contribution in [1.29, 1.82) is 0 Å². The van der Waals surface area contributed by atoms with Gasteiger partial charge in [-0.1, -0.05) is 30.3 Å². The van der Waals surface area contributed by atoms with Crippen molar-refractivity contribution in [2.24, 2.45) is 0 Å². The largest absolute Gasteiger partial charge is 0.452 e. The smallest absolute Gasteiger partial charge is 0.341 e. The molecule has 0 aliphatic carbocycles. The molecule has 3 rings (SSSR count). The lowest BCUT2D eigenvalue weighted by molar-refractivity contribution is -0.134. The van der Waals surface area contributed by atoms with E-state index in [0.29, 0.717) is 13.1 Å². The number of piperazine rings is 1. The molecule has 2 aromatic rings. The van der Waals surface area contributed by atoms with E-state index in [1.54, 1.807) is 11.0 Å². The first-order valence-corrected chi connectivity index (χ1v) is 8.14. The maximum atomic E-state index is 13.5. The molecule has 5 nitrogen and oxygen atoms in total. The lowest BCUT2D eigenvalue weighted by Gasteiger charge is -2.36. The average Bonchev–Trinajstić information content (AvgIpc) is 2.67. The number of hydrogen-bond acceptors (Lipinski definition) is 4. The number of carbonyl (C=O) groups excluding carboxylic acids is 2. The second-order valence-electron chi connectivity index (χ2n) is 5.76. The molecule has 25 heavy (non-hydrogen) atoms. The number of esters is 1. The standard InChI is InChI=1S/C19H19FN2O3/c20-17-9-5-4-8-16(17)19(24)25-14-18(23)22-12-10-21(11-13-22)15-6-2-1-3-7-15/h1-9H,10-14H2. The summed E-state index contributed by atoms with van der Waals surface area (Å²) in [6.07, 6.45) is 0. The van der Waals surface area contributed by atoms with Gasteiger partial charge in [-0.3, -0.25) is 4.79 Å². The molecule has 0 aromatic heterocycles. The molecular weight excluding hydrogens is 323 g/mol. The fraction of sp³-hybridized carbons (Fsp3) is 0.263. The van der Waals surface area contributed by atoms with Crippen LogP contribution >= 0.6 is 0 Å². The number of amides is 1. The van der Waals surface area contributed by atoms with E-state index < -0.39 is 11.8 Å². The molecule has 0 unspecified atom stereocenters. The third kappa shape index (κ3) is 4.15. The number of para-hydroxylation sites is 1. The van der Waals surface area contributed by atoms with Crippen LogP contribution in [0.15, 0.2) is 54.6 Å². The third-order valence-electron chi connectivity index (χ3n) is 4.17. The lowest BCUT2D eigenvalue weighted by Crippen LogP contribution is -2.49. The fourth-order valence-electron chi connectivity index (χ4n) is 2.78. The first kappa shape index (κ1) is 17.0. The van der Waals surface area contributed by atoms with Crippen LogP contribution in [0.5, 0.6) is 0 Å². The Hall–Kier alpha value is -2.89. The van der Waals surface area contributed by atoms with Gasteiger partial charge in [-0.25, -0.2) is 9.18 Å². The maximum absolute atomic E-state index is 13.5. The Morgan fingerprint density at radius 2 is 1.56 bits per heavy atom. The van der Waals surface area contributed by atoms with Gasteiger partial charge in [-0.2, -0.15) is 0 Å². The third-order valence-corrected chi connectivity index (χ3v) is 4.17. The normalized spacial score (nSPS) is 14.3. The summed E-state index contributed by atoms with van der Waals surface area (Å²) >= 11 is 0. The molecule has 2 aromatic carbocycles. The minimum absolute atomic E-state index is 0.163. The van der Waals surface area contributed by atoms with Gasteiger partial charge in [-0.15, -0.1) is 0 Å². The van der Waals surface area contributed by atoms with Gasteiger partial charge in [0.05, 0.1) is 5.56 Å². The topological polar surface area (TPSA) is 49.9 Å². The Labute approximate surface area is 145 Å². The summed E-state index contributed by atoms with van der Waals surface area (Å²) in [6.45, 7) is 2.18. The van der Waals surface area contributed by atoms with Crippen LogP contribution in [-0.4, -0.2) is 49.6 Å². The van der Waals surface area contributed by atoms with Crippen LogP contribution < -0.4 is 4.90 Å². The number of nitrogens with zero attached hydrogens (tertiary/aromatic N) is 2. The Bertz CT molecular complexity index is 743. The van der Waals surface area contributed by atoms with Crippen molar-refractivity contribution in [2.45, 2.75) is 0 Å². The van der Waals surface area contributed by atoms with Crippen LogP contribution in [0.1, 0.15) is 10.4 Å². The van der Waals surface area contributed by atoms with Gasteiger partial charge in [0.15, 0.2) is 6.61 Å². The Kier molecular flexibility index (Phi) is 5.28. The number of rotatable bonds is 4. The zero-order chi connectivity index (χ0) is 17.6. The maximum Gasteiger partial charge on any atom is 0.341 e. The molecule has 6 heteroatoms. The molecule has 1 aliphatic heterocycles. The number of carbonyl (C=O) groups is 2. The minimum Gasteiger partial charge on any atom is -0.452 e. The molecule has 1 saturated heterocycles. The first-order chi connectivity index (χ1) is 12.1. The summed E-state index contributed by atoms with van der Waals surface area (Å²) in [5.74, 6) is -1.75. The molecule has 0 saturated carbocycles. The van der Waals surface area contributed by atoms with E-state index in [1.807, 2.05) is 30.3 Å². The molecule has 0 atom stereocenters. The number of benzene rings is 2. The van der Waals surface area contributed by atoms with Gasteiger partial charge in [0, 0.05) is 31.9 Å². The summed E-state index contributed by atoms with van der Waals surface area (Å²) in [6, 6.07) is 15.5. The van der Waals surface area contributed by atoms with Gasteiger partial charge in [0.2, 0.25) is 0 Å². The molecule has 130 valence electrons. The molecule has 0 bridgehead atoms. The summed E-state index contributed by atoms with van der Waals surface area (Å²) in [5, 5.41) is 0. The second kappa shape index (κ2) is 7.79. The highest BCUT2D eigenvalue weighted by molar-refractivity contribution is 5.91. The molecule has 0 radical (unpaired) electrons. The number of ether oxygens (including phenoxy) is 1. The van der Waals surface area contributed by atoms with E-state index in [4.69, 9.17) is 4.74 Å². The Morgan fingerprint density at radius 3 is 2.24 bits per heavy atom. The van der Waals surface area contributed by atoms with Crippen LogP contribution in [0, 0.1) is 5.82 Å². The highest BCUT2D eigenvalue weighted by Gasteiger charge is 2.22. The van der Waals surface area contributed by atoms with E-state index >= 15 is 0 Å².